The van der Waals surface area contributed by atoms with Gasteiger partial charge >= 0.3 is 0 Å². The van der Waals surface area contributed by atoms with Gasteiger partial charge < -0.3 is 20.1 Å². The standard InChI is InChI=1S/C18H28FN3O2/c1-20-18(21-8-3-9-24-12-14-4-5-14)22-11-15-6-7-17(19)16(10-15)13-23-2/h6-7,10,14H,3-5,8-9,11-13H2,1-2H3,(H2,20,21,22). The summed E-state index contributed by atoms with van der Waals surface area (Å²) in [7, 11) is 3.30. The lowest BCUT2D eigenvalue weighted by atomic mass is 10.1. The molecule has 0 aromatic heterocycles. The minimum atomic E-state index is -0.241. The second-order valence-electron chi connectivity index (χ2n) is 6.08. The van der Waals surface area contributed by atoms with Crippen molar-refractivity contribution in [1.29, 1.82) is 0 Å². The molecule has 0 atom stereocenters. The summed E-state index contributed by atoms with van der Waals surface area (Å²) in [6.07, 6.45) is 3.59. The number of hydrogen-bond acceptors (Lipinski definition) is 3. The van der Waals surface area contributed by atoms with E-state index in [1.54, 1.807) is 20.2 Å². The highest BCUT2D eigenvalue weighted by atomic mass is 19.1. The fourth-order valence-electron chi connectivity index (χ4n) is 2.33. The molecule has 1 saturated carbocycles. The molecule has 0 unspecified atom stereocenters. The Hall–Kier alpha value is -1.66. The lowest BCUT2D eigenvalue weighted by molar-refractivity contribution is 0.123. The van der Waals surface area contributed by atoms with Crippen molar-refractivity contribution < 1.29 is 13.9 Å². The number of halogens is 1. The third-order valence-electron chi connectivity index (χ3n) is 3.90. The number of nitrogens with zero attached hydrogens (tertiary/aromatic N) is 1. The number of nitrogens with one attached hydrogen (secondary N) is 2. The molecule has 0 heterocycles. The van der Waals surface area contributed by atoms with Crippen LogP contribution in [0.1, 0.15) is 30.4 Å². The molecule has 24 heavy (non-hydrogen) atoms. The van der Waals surface area contributed by atoms with E-state index in [2.05, 4.69) is 15.6 Å². The second kappa shape index (κ2) is 10.3. The van der Waals surface area contributed by atoms with E-state index in [0.717, 1.165) is 43.6 Å². The average Bonchev–Trinajstić information content (AvgIpc) is 3.40. The van der Waals surface area contributed by atoms with Crippen molar-refractivity contribution in [2.75, 3.05) is 33.9 Å². The smallest absolute Gasteiger partial charge is 0.191 e. The number of ether oxygens (including phenoxy) is 2. The van der Waals surface area contributed by atoms with Crippen molar-refractivity contribution in [2.24, 2.45) is 10.9 Å². The predicted molar refractivity (Wildman–Crippen MR) is 93.5 cm³/mol. The van der Waals surface area contributed by atoms with E-state index in [1.165, 1.54) is 18.9 Å². The van der Waals surface area contributed by atoms with E-state index in [4.69, 9.17) is 9.47 Å². The largest absolute Gasteiger partial charge is 0.381 e. The van der Waals surface area contributed by atoms with Gasteiger partial charge in [0.2, 0.25) is 0 Å². The van der Waals surface area contributed by atoms with Crippen LogP contribution in [0.2, 0.25) is 0 Å². The highest BCUT2D eigenvalue weighted by molar-refractivity contribution is 5.79. The number of methoxy groups -OCH3 is 1. The summed E-state index contributed by atoms with van der Waals surface area (Å²) in [5.41, 5.74) is 1.55. The molecule has 1 aliphatic rings. The molecule has 6 heteroatoms. The van der Waals surface area contributed by atoms with Crippen molar-refractivity contribution in [1.82, 2.24) is 10.6 Å². The van der Waals surface area contributed by atoms with Crippen LogP contribution in [0.3, 0.4) is 0 Å². The second-order valence-corrected chi connectivity index (χ2v) is 6.08. The van der Waals surface area contributed by atoms with Gasteiger partial charge in [0.1, 0.15) is 5.82 Å². The van der Waals surface area contributed by atoms with Gasteiger partial charge in [-0.15, -0.1) is 0 Å². The van der Waals surface area contributed by atoms with Gasteiger partial charge in [0.25, 0.3) is 0 Å². The van der Waals surface area contributed by atoms with Gasteiger partial charge in [-0.25, -0.2) is 4.39 Å². The van der Waals surface area contributed by atoms with Crippen LogP contribution in [-0.2, 0) is 22.6 Å². The number of rotatable bonds is 10. The van der Waals surface area contributed by atoms with Crippen molar-refractivity contribution in [2.45, 2.75) is 32.4 Å². The summed E-state index contributed by atoms with van der Waals surface area (Å²) in [4.78, 5) is 4.19. The summed E-state index contributed by atoms with van der Waals surface area (Å²) < 4.78 is 24.2. The molecule has 1 fully saturated rings. The monoisotopic (exact) mass is 337 g/mol. The van der Waals surface area contributed by atoms with Gasteiger partial charge in [-0.1, -0.05) is 6.07 Å². The Kier molecular flexibility index (Phi) is 7.98. The first kappa shape index (κ1) is 18.7. The molecule has 0 radical (unpaired) electrons. The van der Waals surface area contributed by atoms with Gasteiger partial charge in [-0.05, 0) is 42.9 Å². The molecule has 1 aliphatic carbocycles. The molecule has 2 N–H and O–H groups in total. The lowest BCUT2D eigenvalue weighted by Crippen LogP contribution is -2.37. The maximum atomic E-state index is 13.6. The molecule has 134 valence electrons. The van der Waals surface area contributed by atoms with E-state index >= 15 is 0 Å². The topological polar surface area (TPSA) is 54.9 Å². The zero-order valence-electron chi connectivity index (χ0n) is 14.6. The Morgan fingerprint density at radius 3 is 2.88 bits per heavy atom. The highest BCUT2D eigenvalue weighted by Gasteiger charge is 2.20. The molecule has 2 rings (SSSR count). The van der Waals surface area contributed by atoms with Crippen LogP contribution < -0.4 is 10.6 Å². The molecule has 1 aromatic rings. The van der Waals surface area contributed by atoms with Crippen LogP contribution in [-0.4, -0.2) is 39.9 Å². The summed E-state index contributed by atoms with van der Waals surface area (Å²) in [6.45, 7) is 3.34. The molecule has 0 amide bonds. The molecular weight excluding hydrogens is 309 g/mol. The van der Waals surface area contributed by atoms with Crippen molar-refractivity contribution in [3.8, 4) is 0 Å². The minimum Gasteiger partial charge on any atom is -0.381 e. The third-order valence-corrected chi connectivity index (χ3v) is 3.90. The summed E-state index contributed by atoms with van der Waals surface area (Å²) in [5, 5.41) is 6.48. The highest BCUT2D eigenvalue weighted by Crippen LogP contribution is 2.28. The molecular formula is C18H28FN3O2. The van der Waals surface area contributed by atoms with E-state index < -0.39 is 0 Å². The normalized spacial score (nSPS) is 14.7. The first-order chi connectivity index (χ1) is 11.7. The zero-order valence-corrected chi connectivity index (χ0v) is 14.6. The summed E-state index contributed by atoms with van der Waals surface area (Å²) in [5.74, 6) is 1.30. The number of hydrogen-bond donors (Lipinski definition) is 2. The minimum absolute atomic E-state index is 0.241. The molecule has 1 aromatic carbocycles. The van der Waals surface area contributed by atoms with Crippen LogP contribution in [0.5, 0.6) is 0 Å². The maximum absolute atomic E-state index is 13.6. The number of aliphatic imine (C=N–C) groups is 1. The van der Waals surface area contributed by atoms with Crippen LogP contribution in [0.25, 0.3) is 0 Å². The lowest BCUT2D eigenvalue weighted by Gasteiger charge is -2.13. The van der Waals surface area contributed by atoms with E-state index in [1.807, 2.05) is 6.07 Å². The van der Waals surface area contributed by atoms with Crippen molar-refractivity contribution >= 4 is 5.96 Å². The van der Waals surface area contributed by atoms with Crippen LogP contribution in [0.15, 0.2) is 23.2 Å². The van der Waals surface area contributed by atoms with Gasteiger partial charge in [0.05, 0.1) is 6.61 Å². The Labute approximate surface area is 143 Å². The Morgan fingerprint density at radius 2 is 2.17 bits per heavy atom. The van der Waals surface area contributed by atoms with E-state index in [9.17, 15) is 4.39 Å². The summed E-state index contributed by atoms with van der Waals surface area (Å²) >= 11 is 0. The van der Waals surface area contributed by atoms with Gasteiger partial charge in [-0.2, -0.15) is 0 Å². The molecule has 0 aliphatic heterocycles. The molecule has 0 saturated heterocycles. The fraction of sp³-hybridized carbons (Fsp3) is 0.611. The van der Waals surface area contributed by atoms with Gasteiger partial charge in [0, 0.05) is 46.0 Å². The van der Waals surface area contributed by atoms with E-state index in [-0.39, 0.29) is 12.4 Å². The van der Waals surface area contributed by atoms with Crippen LogP contribution >= 0.6 is 0 Å². The molecule has 0 bridgehead atoms. The van der Waals surface area contributed by atoms with Crippen LogP contribution in [0, 0.1) is 11.7 Å². The number of guanidine groups is 1. The third kappa shape index (κ3) is 6.84. The predicted octanol–water partition coefficient (Wildman–Crippen LogP) is 2.45. The van der Waals surface area contributed by atoms with Crippen LogP contribution in [0.4, 0.5) is 4.39 Å². The van der Waals surface area contributed by atoms with Gasteiger partial charge in [-0.3, -0.25) is 4.99 Å². The first-order valence-electron chi connectivity index (χ1n) is 8.51. The van der Waals surface area contributed by atoms with Crippen molar-refractivity contribution in [3.05, 3.63) is 35.1 Å². The Balaban J connectivity index is 1.65. The van der Waals surface area contributed by atoms with Gasteiger partial charge in [0.15, 0.2) is 5.96 Å². The van der Waals surface area contributed by atoms with Crippen molar-refractivity contribution in [3.63, 3.8) is 0 Å². The fourth-order valence-corrected chi connectivity index (χ4v) is 2.33. The Bertz CT molecular complexity index is 533. The average molecular weight is 337 g/mol. The first-order valence-corrected chi connectivity index (χ1v) is 8.51. The number of benzene rings is 1. The Morgan fingerprint density at radius 1 is 1.33 bits per heavy atom. The molecule has 0 spiro atoms. The zero-order chi connectivity index (χ0) is 17.2. The maximum Gasteiger partial charge on any atom is 0.191 e. The molecule has 5 nitrogen and oxygen atoms in total. The SMILES string of the molecule is CN=C(NCCCOCC1CC1)NCc1ccc(F)c(COC)c1. The summed E-state index contributed by atoms with van der Waals surface area (Å²) in [6, 6.07) is 5.05. The quantitative estimate of drug-likeness (QED) is 0.391. The van der Waals surface area contributed by atoms with E-state index in [0.29, 0.717) is 12.1 Å².